The smallest absolute Gasteiger partial charge is 0.336 e. The number of carbonyl (C=O) groups is 1. The van der Waals surface area contributed by atoms with Gasteiger partial charge in [-0.15, -0.1) is 0 Å². The van der Waals surface area contributed by atoms with E-state index in [4.69, 9.17) is 23.7 Å². The third-order valence-electron chi connectivity index (χ3n) is 4.48. The summed E-state index contributed by atoms with van der Waals surface area (Å²) in [6.45, 7) is 0. The molecule has 0 aliphatic rings. The summed E-state index contributed by atoms with van der Waals surface area (Å²) >= 11 is 0. The van der Waals surface area contributed by atoms with Gasteiger partial charge in [-0.3, -0.25) is 0 Å². The number of rotatable bonds is 6. The van der Waals surface area contributed by atoms with Gasteiger partial charge in [0.05, 0.1) is 41.1 Å². The Labute approximate surface area is 156 Å². The Morgan fingerprint density at radius 3 is 1.78 bits per heavy atom. The highest BCUT2D eigenvalue weighted by atomic mass is 16.5. The molecule has 0 saturated heterocycles. The summed E-state index contributed by atoms with van der Waals surface area (Å²) in [5.74, 6) is 1.10. The molecule has 0 bridgehead atoms. The molecule has 0 aliphatic heterocycles. The topological polar surface area (TPSA) is 83.5 Å². The van der Waals surface area contributed by atoms with Crippen molar-refractivity contribution < 1.29 is 33.6 Å². The van der Waals surface area contributed by atoms with Crippen LogP contribution < -0.4 is 23.7 Å². The van der Waals surface area contributed by atoms with Crippen LogP contribution in [0.2, 0.25) is 0 Å². The van der Waals surface area contributed by atoms with Crippen LogP contribution in [0.15, 0.2) is 24.3 Å². The molecule has 0 spiro atoms. The lowest BCUT2D eigenvalue weighted by Crippen LogP contribution is -2.02. The second kappa shape index (κ2) is 7.11. The summed E-state index contributed by atoms with van der Waals surface area (Å²) in [6.07, 6.45) is 0. The maximum absolute atomic E-state index is 11.9. The number of ether oxygens (including phenoxy) is 5. The molecule has 0 unspecified atom stereocenters. The number of carboxylic acid groups (broad SMARTS) is 1. The first-order valence-corrected chi connectivity index (χ1v) is 8.05. The Bertz CT molecular complexity index is 1040. The monoisotopic (exact) mass is 372 g/mol. The van der Waals surface area contributed by atoms with Crippen molar-refractivity contribution in [3.63, 3.8) is 0 Å². The van der Waals surface area contributed by atoms with Crippen LogP contribution >= 0.6 is 0 Å². The molecular weight excluding hydrogens is 352 g/mol. The SMILES string of the molecule is COc1cc2cc(C(=O)O)c3cc(OC)c(OC)c(OC)c3c2cc1OC. The predicted molar refractivity (Wildman–Crippen MR) is 101 cm³/mol. The fourth-order valence-corrected chi connectivity index (χ4v) is 3.28. The van der Waals surface area contributed by atoms with Crippen LogP contribution in [-0.4, -0.2) is 46.6 Å². The lowest BCUT2D eigenvalue weighted by atomic mass is 9.95. The normalized spacial score (nSPS) is 10.7. The fraction of sp³-hybridized carbons (Fsp3) is 0.250. The largest absolute Gasteiger partial charge is 0.493 e. The van der Waals surface area contributed by atoms with E-state index in [9.17, 15) is 9.90 Å². The van der Waals surface area contributed by atoms with Crippen molar-refractivity contribution in [3.05, 3.63) is 29.8 Å². The molecule has 3 aromatic rings. The van der Waals surface area contributed by atoms with Gasteiger partial charge in [0, 0.05) is 10.8 Å². The van der Waals surface area contributed by atoms with Gasteiger partial charge in [-0.05, 0) is 35.0 Å². The lowest BCUT2D eigenvalue weighted by Gasteiger charge is -2.18. The molecule has 0 heterocycles. The van der Waals surface area contributed by atoms with Gasteiger partial charge in [-0.25, -0.2) is 4.79 Å². The van der Waals surface area contributed by atoms with Crippen LogP contribution in [-0.2, 0) is 0 Å². The van der Waals surface area contributed by atoms with Crippen LogP contribution in [0.5, 0.6) is 28.7 Å². The Balaban J connectivity index is 2.62. The minimum Gasteiger partial charge on any atom is -0.493 e. The van der Waals surface area contributed by atoms with E-state index in [1.54, 1.807) is 31.4 Å². The number of carboxylic acids is 1. The molecule has 7 heteroatoms. The molecule has 7 nitrogen and oxygen atoms in total. The minimum atomic E-state index is -1.06. The number of benzene rings is 3. The fourth-order valence-electron chi connectivity index (χ4n) is 3.28. The summed E-state index contributed by atoms with van der Waals surface area (Å²) in [5, 5.41) is 12.2. The molecule has 0 atom stereocenters. The quantitative estimate of drug-likeness (QED) is 0.660. The van der Waals surface area contributed by atoms with Gasteiger partial charge in [-0.1, -0.05) is 0 Å². The Morgan fingerprint density at radius 2 is 1.26 bits per heavy atom. The van der Waals surface area contributed by atoms with Gasteiger partial charge in [0.15, 0.2) is 23.0 Å². The summed E-state index contributed by atoms with van der Waals surface area (Å²) in [7, 11) is 7.55. The molecule has 3 rings (SSSR count). The average molecular weight is 372 g/mol. The Morgan fingerprint density at radius 1 is 0.704 bits per heavy atom. The maximum atomic E-state index is 11.9. The van der Waals surface area contributed by atoms with Gasteiger partial charge in [0.2, 0.25) is 5.75 Å². The molecule has 142 valence electrons. The summed E-state index contributed by atoms with van der Waals surface area (Å²) in [5.41, 5.74) is 0.115. The lowest BCUT2D eigenvalue weighted by molar-refractivity contribution is 0.0699. The molecule has 0 fully saturated rings. The molecule has 1 N–H and O–H groups in total. The van der Waals surface area contributed by atoms with Crippen LogP contribution in [0.25, 0.3) is 21.5 Å². The van der Waals surface area contributed by atoms with Crippen molar-refractivity contribution in [3.8, 4) is 28.7 Å². The molecule has 0 amide bonds. The molecule has 3 aromatic carbocycles. The summed E-state index contributed by atoms with van der Waals surface area (Å²) in [4.78, 5) is 11.9. The highest BCUT2D eigenvalue weighted by Gasteiger charge is 2.23. The number of hydrogen-bond acceptors (Lipinski definition) is 6. The number of fused-ring (bicyclic) bond motifs is 3. The first-order chi connectivity index (χ1) is 13.0. The van der Waals surface area contributed by atoms with E-state index in [1.807, 2.05) is 0 Å². The predicted octanol–water partition coefficient (Wildman–Crippen LogP) is 3.73. The van der Waals surface area contributed by atoms with Crippen molar-refractivity contribution >= 4 is 27.5 Å². The van der Waals surface area contributed by atoms with E-state index < -0.39 is 5.97 Å². The van der Waals surface area contributed by atoms with Gasteiger partial charge >= 0.3 is 5.97 Å². The standard InChI is InChI=1S/C20H20O7/c1-23-14-7-10-6-13(20(21)22)12-9-16(25-3)18(26-4)19(27-5)17(12)11(10)8-15(14)24-2/h6-9H,1-5H3,(H,21,22). The molecule has 0 radical (unpaired) electrons. The number of methoxy groups -OCH3 is 5. The van der Waals surface area contributed by atoms with Gasteiger partial charge in [0.1, 0.15) is 0 Å². The second-order valence-corrected chi connectivity index (χ2v) is 5.73. The van der Waals surface area contributed by atoms with E-state index in [2.05, 4.69) is 0 Å². The zero-order valence-corrected chi connectivity index (χ0v) is 15.7. The average Bonchev–Trinajstić information content (AvgIpc) is 2.69. The number of hydrogen-bond donors (Lipinski definition) is 1. The van der Waals surface area contributed by atoms with E-state index in [0.717, 1.165) is 5.39 Å². The van der Waals surface area contributed by atoms with Crippen LogP contribution in [0.4, 0.5) is 0 Å². The van der Waals surface area contributed by atoms with Crippen molar-refractivity contribution in [1.82, 2.24) is 0 Å². The molecule has 27 heavy (non-hydrogen) atoms. The van der Waals surface area contributed by atoms with Crippen molar-refractivity contribution in [2.75, 3.05) is 35.5 Å². The highest BCUT2D eigenvalue weighted by Crippen LogP contribution is 2.48. The number of aromatic carboxylic acids is 1. The van der Waals surface area contributed by atoms with Gasteiger partial charge < -0.3 is 28.8 Å². The molecule has 0 aromatic heterocycles. The third-order valence-corrected chi connectivity index (χ3v) is 4.48. The van der Waals surface area contributed by atoms with E-state index in [-0.39, 0.29) is 5.56 Å². The van der Waals surface area contributed by atoms with Crippen LogP contribution in [0.1, 0.15) is 10.4 Å². The zero-order valence-electron chi connectivity index (χ0n) is 15.7. The first-order valence-electron chi connectivity index (χ1n) is 8.05. The molecular formula is C20H20O7. The summed E-state index contributed by atoms with van der Waals surface area (Å²) in [6, 6.07) is 6.75. The zero-order chi connectivity index (χ0) is 19.7. The van der Waals surface area contributed by atoms with Crippen molar-refractivity contribution in [1.29, 1.82) is 0 Å². The van der Waals surface area contributed by atoms with E-state index in [1.165, 1.54) is 28.4 Å². The Kier molecular flexibility index (Phi) is 4.85. The molecule has 0 saturated carbocycles. The maximum Gasteiger partial charge on any atom is 0.336 e. The first kappa shape index (κ1) is 18.4. The Hall–Kier alpha value is -3.35. The minimum absolute atomic E-state index is 0.115. The van der Waals surface area contributed by atoms with Crippen LogP contribution in [0.3, 0.4) is 0 Å². The van der Waals surface area contributed by atoms with E-state index in [0.29, 0.717) is 44.9 Å². The van der Waals surface area contributed by atoms with Crippen molar-refractivity contribution in [2.24, 2.45) is 0 Å². The molecule has 0 aliphatic carbocycles. The second-order valence-electron chi connectivity index (χ2n) is 5.73. The third kappa shape index (κ3) is 2.81. The van der Waals surface area contributed by atoms with Crippen LogP contribution in [0, 0.1) is 0 Å². The van der Waals surface area contributed by atoms with Gasteiger partial charge in [0.25, 0.3) is 0 Å². The highest BCUT2D eigenvalue weighted by molar-refractivity contribution is 6.19. The summed E-state index contributed by atoms with van der Waals surface area (Å²) < 4.78 is 27.2. The van der Waals surface area contributed by atoms with E-state index >= 15 is 0 Å². The van der Waals surface area contributed by atoms with Crippen molar-refractivity contribution in [2.45, 2.75) is 0 Å². The van der Waals surface area contributed by atoms with Gasteiger partial charge in [-0.2, -0.15) is 0 Å².